The topological polar surface area (TPSA) is 95.5 Å². The van der Waals surface area contributed by atoms with Crippen molar-refractivity contribution in [1.82, 2.24) is 14.3 Å². The molecule has 164 valence electrons. The minimum atomic E-state index is -3.82. The Labute approximate surface area is 186 Å². The van der Waals surface area contributed by atoms with Crippen molar-refractivity contribution in [3.63, 3.8) is 0 Å². The summed E-state index contributed by atoms with van der Waals surface area (Å²) in [5.74, 6) is 0.715. The summed E-state index contributed by atoms with van der Waals surface area (Å²) in [5, 5.41) is 12.3. The Kier molecular flexibility index (Phi) is 5.21. The zero-order valence-electron chi connectivity index (χ0n) is 17.5. The van der Waals surface area contributed by atoms with Gasteiger partial charge in [0.05, 0.1) is 24.2 Å². The van der Waals surface area contributed by atoms with Crippen LogP contribution in [0.2, 0.25) is 0 Å². The van der Waals surface area contributed by atoms with Crippen LogP contribution >= 0.6 is 0 Å². The fraction of sp³-hybridized carbons (Fsp3) is 0.208. The predicted octanol–water partition coefficient (Wildman–Crippen LogP) is 3.42. The van der Waals surface area contributed by atoms with Gasteiger partial charge in [0.1, 0.15) is 5.75 Å². The average molecular weight is 450 g/mol. The minimum Gasteiger partial charge on any atom is -0.497 e. The fourth-order valence-electron chi connectivity index (χ4n) is 4.40. The molecule has 7 nitrogen and oxygen atoms in total. The van der Waals surface area contributed by atoms with E-state index in [9.17, 15) is 13.5 Å². The Morgan fingerprint density at radius 3 is 2.78 bits per heavy atom. The summed E-state index contributed by atoms with van der Waals surface area (Å²) in [5.41, 5.74) is 3.02. The number of nitrogens with zero attached hydrogens (tertiary/aromatic N) is 2. The number of pyridine rings is 1. The zero-order chi connectivity index (χ0) is 22.3. The molecule has 2 unspecified atom stereocenters. The molecule has 1 aliphatic rings. The summed E-state index contributed by atoms with van der Waals surface area (Å²) in [6.07, 6.45) is 4.53. The average Bonchev–Trinajstić information content (AvgIpc) is 3.22. The van der Waals surface area contributed by atoms with Gasteiger partial charge in [0.15, 0.2) is 0 Å². The number of sulfonamides is 1. The van der Waals surface area contributed by atoms with E-state index in [1.54, 1.807) is 49.8 Å². The lowest BCUT2D eigenvalue weighted by molar-refractivity contribution is 0.0771. The molecule has 2 aromatic heterocycles. The zero-order valence-corrected chi connectivity index (χ0v) is 18.3. The van der Waals surface area contributed by atoms with Crippen molar-refractivity contribution < 1.29 is 18.3 Å². The first kappa shape index (κ1) is 20.7. The number of hydrogen-bond donors (Lipinski definition) is 2. The van der Waals surface area contributed by atoms with Gasteiger partial charge in [-0.15, -0.1) is 0 Å². The Morgan fingerprint density at radius 1 is 1.16 bits per heavy atom. The smallest absolute Gasteiger partial charge is 0.244 e. The number of aromatic amines is 1. The number of aliphatic hydroxyl groups is 1. The SMILES string of the molecule is COc1ccc2[nH]cc(CC3C(O)c4ccccc4S(=O)(=O)N3Cc3cccnc3)c2c1. The first-order valence-electron chi connectivity index (χ1n) is 10.3. The number of methoxy groups -OCH3 is 1. The minimum absolute atomic E-state index is 0.123. The molecule has 2 atom stereocenters. The van der Waals surface area contributed by atoms with Gasteiger partial charge in [0, 0.05) is 41.6 Å². The third kappa shape index (κ3) is 3.46. The van der Waals surface area contributed by atoms with Crippen molar-refractivity contribution in [2.45, 2.75) is 30.0 Å². The summed E-state index contributed by atoms with van der Waals surface area (Å²) in [6, 6.07) is 15.3. The number of benzene rings is 2. The standard InChI is InChI=1S/C24H23N3O4S/c1-31-18-8-9-21-20(12-18)17(14-26-21)11-22-24(28)19-6-2-3-7-23(19)32(29,30)27(22)15-16-5-4-10-25-13-16/h2-10,12-14,22,24,26,28H,11,15H2,1H3. The molecule has 0 saturated heterocycles. The molecular formula is C24H23N3O4S. The van der Waals surface area contributed by atoms with Gasteiger partial charge in [-0.2, -0.15) is 4.31 Å². The molecule has 2 N–H and O–H groups in total. The van der Waals surface area contributed by atoms with Crippen LogP contribution in [0.4, 0.5) is 0 Å². The maximum absolute atomic E-state index is 13.6. The Balaban J connectivity index is 1.61. The monoisotopic (exact) mass is 449 g/mol. The molecule has 1 aliphatic heterocycles. The maximum atomic E-state index is 13.6. The van der Waals surface area contributed by atoms with Crippen LogP contribution in [0, 0.1) is 0 Å². The van der Waals surface area contributed by atoms with E-state index in [4.69, 9.17) is 4.74 Å². The summed E-state index contributed by atoms with van der Waals surface area (Å²) in [4.78, 5) is 7.50. The van der Waals surface area contributed by atoms with Crippen molar-refractivity contribution >= 4 is 20.9 Å². The molecule has 4 aromatic rings. The van der Waals surface area contributed by atoms with Gasteiger partial charge < -0.3 is 14.8 Å². The van der Waals surface area contributed by atoms with E-state index in [0.29, 0.717) is 17.7 Å². The number of aromatic nitrogens is 2. The van der Waals surface area contributed by atoms with Crippen molar-refractivity contribution in [3.8, 4) is 5.75 Å². The highest BCUT2D eigenvalue weighted by Crippen LogP contribution is 2.39. The van der Waals surface area contributed by atoms with Gasteiger partial charge in [-0.25, -0.2) is 8.42 Å². The van der Waals surface area contributed by atoms with Crippen molar-refractivity contribution in [1.29, 1.82) is 0 Å². The summed E-state index contributed by atoms with van der Waals surface area (Å²) in [6.45, 7) is 0.123. The van der Waals surface area contributed by atoms with E-state index in [0.717, 1.165) is 22.0 Å². The quantitative estimate of drug-likeness (QED) is 0.487. The Hall–Kier alpha value is -3.20. The first-order chi connectivity index (χ1) is 15.5. The van der Waals surface area contributed by atoms with Gasteiger partial charge in [0.25, 0.3) is 0 Å². The van der Waals surface area contributed by atoms with Crippen LogP contribution in [0.5, 0.6) is 5.75 Å². The molecule has 0 spiro atoms. The molecule has 3 heterocycles. The number of H-pyrrole nitrogens is 1. The molecule has 0 aliphatic carbocycles. The summed E-state index contributed by atoms with van der Waals surface area (Å²) < 4.78 is 34.0. The molecule has 0 amide bonds. The van der Waals surface area contributed by atoms with Gasteiger partial charge >= 0.3 is 0 Å². The van der Waals surface area contributed by atoms with Gasteiger partial charge in [-0.05, 0) is 47.9 Å². The second kappa shape index (κ2) is 8.05. The molecular weight excluding hydrogens is 426 g/mol. The Morgan fingerprint density at radius 2 is 2.00 bits per heavy atom. The van der Waals surface area contributed by atoms with Crippen molar-refractivity contribution in [3.05, 3.63) is 89.9 Å². The molecule has 32 heavy (non-hydrogen) atoms. The van der Waals surface area contributed by atoms with Crippen molar-refractivity contribution in [2.24, 2.45) is 0 Å². The fourth-order valence-corrected chi connectivity index (χ4v) is 6.25. The lowest BCUT2D eigenvalue weighted by atomic mass is 9.95. The van der Waals surface area contributed by atoms with E-state index in [-0.39, 0.29) is 11.4 Å². The van der Waals surface area contributed by atoms with E-state index in [2.05, 4.69) is 9.97 Å². The molecule has 0 bridgehead atoms. The molecule has 8 heteroatoms. The number of ether oxygens (including phenoxy) is 1. The largest absolute Gasteiger partial charge is 0.497 e. The highest BCUT2D eigenvalue weighted by atomic mass is 32.2. The van der Waals surface area contributed by atoms with E-state index in [1.165, 1.54) is 4.31 Å². The number of hydrogen-bond acceptors (Lipinski definition) is 5. The van der Waals surface area contributed by atoms with Crippen LogP contribution < -0.4 is 4.74 Å². The molecule has 0 fully saturated rings. The summed E-state index contributed by atoms with van der Waals surface area (Å²) in [7, 11) is -2.21. The predicted molar refractivity (Wildman–Crippen MR) is 121 cm³/mol. The molecule has 0 radical (unpaired) electrons. The lowest BCUT2D eigenvalue weighted by Gasteiger charge is -2.39. The number of fused-ring (bicyclic) bond motifs is 2. The van der Waals surface area contributed by atoms with Crippen LogP contribution in [0.3, 0.4) is 0 Å². The van der Waals surface area contributed by atoms with Crippen molar-refractivity contribution in [2.75, 3.05) is 7.11 Å². The third-order valence-electron chi connectivity index (χ3n) is 6.02. The van der Waals surface area contributed by atoms with Crippen LogP contribution in [0.25, 0.3) is 10.9 Å². The molecule has 2 aromatic carbocycles. The highest BCUT2D eigenvalue weighted by Gasteiger charge is 2.43. The van der Waals surface area contributed by atoms with E-state index >= 15 is 0 Å². The van der Waals surface area contributed by atoms with Crippen LogP contribution in [-0.4, -0.2) is 40.9 Å². The molecule has 5 rings (SSSR count). The van der Waals surface area contributed by atoms with Gasteiger partial charge in [0.2, 0.25) is 10.0 Å². The second-order valence-electron chi connectivity index (χ2n) is 7.89. The number of nitrogens with one attached hydrogen (secondary N) is 1. The van der Waals surface area contributed by atoms with Crippen LogP contribution in [0.1, 0.15) is 22.8 Å². The maximum Gasteiger partial charge on any atom is 0.244 e. The van der Waals surface area contributed by atoms with Gasteiger partial charge in [-0.3, -0.25) is 4.98 Å². The molecule has 0 saturated carbocycles. The van der Waals surface area contributed by atoms with Crippen LogP contribution in [0.15, 0.2) is 78.1 Å². The van der Waals surface area contributed by atoms with Crippen LogP contribution in [-0.2, 0) is 23.0 Å². The van der Waals surface area contributed by atoms with E-state index in [1.807, 2.05) is 30.5 Å². The second-order valence-corrected chi connectivity index (χ2v) is 9.75. The lowest BCUT2D eigenvalue weighted by Crippen LogP contribution is -2.48. The first-order valence-corrected chi connectivity index (χ1v) is 11.7. The third-order valence-corrected chi connectivity index (χ3v) is 7.97. The number of aliphatic hydroxyl groups excluding tert-OH is 1. The highest BCUT2D eigenvalue weighted by molar-refractivity contribution is 7.89. The van der Waals surface area contributed by atoms with Gasteiger partial charge in [-0.1, -0.05) is 24.3 Å². The normalized spacial score (nSPS) is 20.2. The Bertz CT molecular complexity index is 1370. The number of rotatable bonds is 5. The summed E-state index contributed by atoms with van der Waals surface area (Å²) >= 11 is 0. The van der Waals surface area contributed by atoms with E-state index < -0.39 is 22.2 Å².